The van der Waals surface area contributed by atoms with Crippen molar-refractivity contribution in [2.45, 2.75) is 19.4 Å². The van der Waals surface area contributed by atoms with Gasteiger partial charge in [-0.1, -0.05) is 6.07 Å². The van der Waals surface area contributed by atoms with Gasteiger partial charge in [0.1, 0.15) is 0 Å². The molecular weight excluding hydrogens is 364 g/mol. The molecule has 2 aromatic rings. The highest BCUT2D eigenvalue weighted by Gasteiger charge is 2.13. The zero-order valence-corrected chi connectivity index (χ0v) is 13.3. The lowest BCUT2D eigenvalue weighted by atomic mass is 10.1. The van der Waals surface area contributed by atoms with Crippen molar-refractivity contribution >= 4 is 43.2 Å². The molecule has 0 amide bonds. The molecule has 0 saturated carbocycles. The van der Waals surface area contributed by atoms with Crippen LogP contribution >= 0.6 is 43.2 Å². The molecule has 0 radical (unpaired) electrons. The normalized spacial score (nSPS) is 12.7. The third-order valence-electron chi connectivity index (χ3n) is 2.56. The third kappa shape index (κ3) is 3.16. The van der Waals surface area contributed by atoms with E-state index in [2.05, 4.69) is 55.9 Å². The Morgan fingerprint density at radius 3 is 2.82 bits per heavy atom. The Morgan fingerprint density at radius 2 is 2.24 bits per heavy atom. The van der Waals surface area contributed by atoms with E-state index in [1.54, 1.807) is 11.3 Å². The number of hydrogen-bond acceptors (Lipinski definition) is 3. The van der Waals surface area contributed by atoms with Crippen molar-refractivity contribution < 1.29 is 0 Å². The van der Waals surface area contributed by atoms with E-state index in [1.165, 1.54) is 5.56 Å². The molecule has 17 heavy (non-hydrogen) atoms. The maximum Gasteiger partial charge on any atom is 0.0843 e. The minimum Gasteiger partial charge on any atom is -0.323 e. The van der Waals surface area contributed by atoms with Gasteiger partial charge in [0.05, 0.1) is 3.79 Å². The molecule has 2 nitrogen and oxygen atoms in total. The smallest absolute Gasteiger partial charge is 0.0843 e. The second-order valence-corrected chi connectivity index (χ2v) is 7.10. The first kappa shape index (κ1) is 13.2. The molecule has 90 valence electrons. The summed E-state index contributed by atoms with van der Waals surface area (Å²) in [6.45, 7) is 2.06. The Labute approximate surface area is 122 Å². The van der Waals surface area contributed by atoms with Crippen molar-refractivity contribution in [3.8, 4) is 0 Å². The van der Waals surface area contributed by atoms with Crippen LogP contribution < -0.4 is 5.73 Å². The zero-order valence-electron chi connectivity index (χ0n) is 9.28. The fourth-order valence-corrected chi connectivity index (χ4v) is 3.68. The first-order chi connectivity index (χ1) is 8.08. The molecule has 1 atom stereocenters. The van der Waals surface area contributed by atoms with Crippen LogP contribution in [-0.4, -0.2) is 4.98 Å². The van der Waals surface area contributed by atoms with Gasteiger partial charge in [0.25, 0.3) is 0 Å². The van der Waals surface area contributed by atoms with Crippen LogP contribution in [0.2, 0.25) is 0 Å². The van der Waals surface area contributed by atoms with Crippen LogP contribution in [-0.2, 0) is 6.42 Å². The van der Waals surface area contributed by atoms with Gasteiger partial charge in [-0.15, -0.1) is 11.3 Å². The van der Waals surface area contributed by atoms with Crippen LogP contribution in [0, 0.1) is 6.92 Å². The number of thiophene rings is 1. The minimum absolute atomic E-state index is 0.00352. The highest BCUT2D eigenvalue weighted by molar-refractivity contribution is 9.13. The summed E-state index contributed by atoms with van der Waals surface area (Å²) in [6.07, 6.45) is 2.58. The van der Waals surface area contributed by atoms with Gasteiger partial charge in [-0.3, -0.25) is 4.98 Å². The SMILES string of the molecule is Cc1cccnc1CC(N)c1cc(Br)c(Br)s1. The molecule has 0 aliphatic heterocycles. The summed E-state index contributed by atoms with van der Waals surface area (Å²) < 4.78 is 2.14. The Morgan fingerprint density at radius 1 is 1.47 bits per heavy atom. The van der Waals surface area contributed by atoms with E-state index in [0.29, 0.717) is 0 Å². The predicted octanol–water partition coefficient (Wildman–Crippen LogP) is 4.22. The molecule has 0 saturated heterocycles. The number of hydrogen-bond donors (Lipinski definition) is 1. The van der Waals surface area contributed by atoms with E-state index in [9.17, 15) is 0 Å². The molecule has 0 spiro atoms. The Balaban J connectivity index is 2.17. The van der Waals surface area contributed by atoms with E-state index in [-0.39, 0.29) is 6.04 Å². The third-order valence-corrected chi connectivity index (χ3v) is 5.95. The van der Waals surface area contributed by atoms with E-state index in [4.69, 9.17) is 5.73 Å². The molecule has 2 heterocycles. The predicted molar refractivity (Wildman–Crippen MR) is 79.3 cm³/mol. The van der Waals surface area contributed by atoms with Gasteiger partial charge in [-0.05, 0) is 56.5 Å². The Bertz CT molecular complexity index is 505. The average Bonchev–Trinajstić information content (AvgIpc) is 2.63. The van der Waals surface area contributed by atoms with Gasteiger partial charge in [-0.2, -0.15) is 0 Å². The summed E-state index contributed by atoms with van der Waals surface area (Å²) in [5, 5.41) is 0. The van der Waals surface area contributed by atoms with Crippen molar-refractivity contribution in [1.82, 2.24) is 4.98 Å². The number of nitrogens with two attached hydrogens (primary N) is 1. The van der Waals surface area contributed by atoms with Crippen LogP contribution in [0.25, 0.3) is 0 Å². The van der Waals surface area contributed by atoms with Crippen molar-refractivity contribution in [1.29, 1.82) is 0 Å². The molecule has 0 aromatic carbocycles. The van der Waals surface area contributed by atoms with Gasteiger partial charge in [0, 0.05) is 33.7 Å². The summed E-state index contributed by atoms with van der Waals surface area (Å²) in [4.78, 5) is 5.54. The summed E-state index contributed by atoms with van der Waals surface area (Å²) >= 11 is 8.63. The van der Waals surface area contributed by atoms with Gasteiger partial charge in [0.15, 0.2) is 0 Å². The van der Waals surface area contributed by atoms with Gasteiger partial charge < -0.3 is 5.73 Å². The standard InChI is InChI=1S/C12H12Br2N2S/c1-7-3-2-4-16-10(7)6-9(15)11-5-8(13)12(14)17-11/h2-5,9H,6,15H2,1H3. The minimum atomic E-state index is -0.00352. The molecule has 2 rings (SSSR count). The lowest BCUT2D eigenvalue weighted by Crippen LogP contribution is -2.13. The topological polar surface area (TPSA) is 38.9 Å². The largest absolute Gasteiger partial charge is 0.323 e. The maximum atomic E-state index is 6.21. The van der Waals surface area contributed by atoms with Crippen molar-refractivity contribution in [3.63, 3.8) is 0 Å². The first-order valence-electron chi connectivity index (χ1n) is 5.18. The lowest BCUT2D eigenvalue weighted by Gasteiger charge is -2.10. The number of aromatic nitrogens is 1. The summed E-state index contributed by atoms with van der Waals surface area (Å²) in [7, 11) is 0. The van der Waals surface area contributed by atoms with Crippen molar-refractivity contribution in [3.05, 3.63) is 48.8 Å². The summed E-state index contributed by atoms with van der Waals surface area (Å²) in [5.41, 5.74) is 8.47. The molecule has 0 aliphatic carbocycles. The van der Waals surface area contributed by atoms with Crippen molar-refractivity contribution in [2.24, 2.45) is 5.73 Å². The number of aryl methyl sites for hydroxylation is 1. The average molecular weight is 376 g/mol. The molecule has 0 aliphatic rings. The van der Waals surface area contributed by atoms with Crippen LogP contribution in [0.3, 0.4) is 0 Å². The van der Waals surface area contributed by atoms with Gasteiger partial charge in [-0.25, -0.2) is 0 Å². The highest BCUT2D eigenvalue weighted by atomic mass is 79.9. The summed E-state index contributed by atoms with van der Waals surface area (Å²) in [5.74, 6) is 0. The lowest BCUT2D eigenvalue weighted by molar-refractivity contribution is 0.715. The van der Waals surface area contributed by atoms with Crippen LogP contribution in [0.1, 0.15) is 22.2 Å². The fraction of sp³-hybridized carbons (Fsp3) is 0.250. The number of halogens is 2. The van der Waals surface area contributed by atoms with E-state index in [0.717, 1.165) is 25.3 Å². The maximum absolute atomic E-state index is 6.21. The van der Waals surface area contributed by atoms with Crippen molar-refractivity contribution in [2.75, 3.05) is 0 Å². The molecule has 0 bridgehead atoms. The quantitative estimate of drug-likeness (QED) is 0.872. The Hall–Kier alpha value is -0.230. The van der Waals surface area contributed by atoms with Crippen LogP contribution in [0.15, 0.2) is 32.7 Å². The number of nitrogens with zero attached hydrogens (tertiary/aromatic N) is 1. The Kier molecular flexibility index (Phi) is 4.36. The van der Waals surface area contributed by atoms with Crippen LogP contribution in [0.4, 0.5) is 0 Å². The first-order valence-corrected chi connectivity index (χ1v) is 7.59. The highest BCUT2D eigenvalue weighted by Crippen LogP contribution is 2.35. The molecule has 1 unspecified atom stereocenters. The molecule has 5 heteroatoms. The fourth-order valence-electron chi connectivity index (χ4n) is 1.59. The molecular formula is C12H12Br2N2S. The van der Waals surface area contributed by atoms with Gasteiger partial charge in [0.2, 0.25) is 0 Å². The van der Waals surface area contributed by atoms with E-state index in [1.807, 2.05) is 12.3 Å². The molecule has 2 N–H and O–H groups in total. The number of rotatable bonds is 3. The zero-order chi connectivity index (χ0) is 12.4. The van der Waals surface area contributed by atoms with E-state index >= 15 is 0 Å². The van der Waals surface area contributed by atoms with E-state index < -0.39 is 0 Å². The summed E-state index contributed by atoms with van der Waals surface area (Å²) in [6, 6.07) is 6.08. The second kappa shape index (κ2) is 5.61. The second-order valence-electron chi connectivity index (χ2n) is 3.85. The number of pyridine rings is 1. The van der Waals surface area contributed by atoms with Gasteiger partial charge >= 0.3 is 0 Å². The molecule has 0 fully saturated rings. The molecule has 2 aromatic heterocycles. The monoisotopic (exact) mass is 374 g/mol. The van der Waals surface area contributed by atoms with Crippen LogP contribution in [0.5, 0.6) is 0 Å².